The summed E-state index contributed by atoms with van der Waals surface area (Å²) in [4.78, 5) is 4.26. The molecule has 0 radical (unpaired) electrons. The Kier molecular flexibility index (Phi) is 4.88. The molecule has 0 heterocycles. The smallest absolute Gasteiger partial charge is 0.188 e. The van der Waals surface area contributed by atoms with Gasteiger partial charge < -0.3 is 16.2 Å². The molecule has 1 fully saturated rings. The monoisotopic (exact) mass is 213 g/mol. The number of hydrogen-bond donors (Lipinski definition) is 3. The zero-order valence-electron chi connectivity index (χ0n) is 9.74. The molecule has 0 spiro atoms. The molecular weight excluding hydrogens is 190 g/mol. The lowest BCUT2D eigenvalue weighted by molar-refractivity contribution is 0.0745. The molecule has 4 N–H and O–H groups in total. The molecule has 0 aromatic carbocycles. The van der Waals surface area contributed by atoms with Crippen molar-refractivity contribution in [1.82, 2.24) is 5.32 Å². The normalized spacial score (nSPS) is 28.1. The van der Waals surface area contributed by atoms with Crippen molar-refractivity contribution in [2.24, 2.45) is 16.6 Å². The van der Waals surface area contributed by atoms with E-state index in [1.54, 1.807) is 0 Å². The first-order valence-corrected chi connectivity index (χ1v) is 5.84. The fraction of sp³-hybridized carbons (Fsp3) is 0.909. The molecule has 1 rings (SSSR count). The Morgan fingerprint density at radius 2 is 2.13 bits per heavy atom. The van der Waals surface area contributed by atoms with E-state index in [1.807, 2.05) is 13.8 Å². The molecule has 0 saturated heterocycles. The number of nitrogens with zero attached hydrogens (tertiary/aromatic N) is 1. The van der Waals surface area contributed by atoms with Crippen LogP contribution in [0.5, 0.6) is 0 Å². The van der Waals surface area contributed by atoms with Crippen LogP contribution in [0.1, 0.15) is 39.5 Å². The molecule has 0 aromatic heterocycles. The lowest BCUT2D eigenvalue weighted by Gasteiger charge is -2.26. The average molecular weight is 213 g/mol. The Labute approximate surface area is 92.0 Å². The Balaban J connectivity index is 2.33. The van der Waals surface area contributed by atoms with Crippen LogP contribution in [0.2, 0.25) is 0 Å². The number of rotatable bonds is 3. The van der Waals surface area contributed by atoms with Crippen LogP contribution in [0, 0.1) is 5.92 Å². The number of guanidine groups is 1. The molecule has 1 saturated carbocycles. The summed E-state index contributed by atoms with van der Waals surface area (Å²) in [5, 5.41) is 12.8. The third-order valence-electron chi connectivity index (χ3n) is 2.80. The summed E-state index contributed by atoms with van der Waals surface area (Å²) in [5.41, 5.74) is 5.69. The van der Waals surface area contributed by atoms with E-state index in [0.717, 1.165) is 19.3 Å². The molecule has 0 aromatic rings. The van der Waals surface area contributed by atoms with Crippen molar-refractivity contribution in [1.29, 1.82) is 0 Å². The van der Waals surface area contributed by atoms with Gasteiger partial charge in [0.2, 0.25) is 0 Å². The molecule has 1 aliphatic carbocycles. The molecule has 0 bridgehead atoms. The van der Waals surface area contributed by atoms with Gasteiger partial charge in [0.15, 0.2) is 5.96 Å². The molecule has 2 atom stereocenters. The predicted octanol–water partition coefficient (Wildman–Crippen LogP) is 0.850. The van der Waals surface area contributed by atoms with E-state index in [9.17, 15) is 5.11 Å². The molecule has 15 heavy (non-hydrogen) atoms. The van der Waals surface area contributed by atoms with Crippen LogP contribution >= 0.6 is 0 Å². The van der Waals surface area contributed by atoms with Gasteiger partial charge in [0.25, 0.3) is 0 Å². The predicted molar refractivity (Wildman–Crippen MR) is 62.7 cm³/mol. The van der Waals surface area contributed by atoms with Gasteiger partial charge in [0.05, 0.1) is 6.10 Å². The highest BCUT2D eigenvalue weighted by atomic mass is 16.3. The number of nitrogens with two attached hydrogens (primary N) is 1. The fourth-order valence-electron chi connectivity index (χ4n) is 1.96. The molecule has 4 heteroatoms. The van der Waals surface area contributed by atoms with Crippen molar-refractivity contribution in [3.63, 3.8) is 0 Å². The van der Waals surface area contributed by atoms with Gasteiger partial charge in [-0.25, -0.2) is 0 Å². The Morgan fingerprint density at radius 3 is 2.73 bits per heavy atom. The second kappa shape index (κ2) is 5.95. The van der Waals surface area contributed by atoms with Crippen molar-refractivity contribution in [2.75, 3.05) is 6.54 Å². The number of aliphatic hydroxyl groups is 1. The van der Waals surface area contributed by atoms with E-state index < -0.39 is 0 Å². The molecule has 4 nitrogen and oxygen atoms in total. The maximum absolute atomic E-state index is 9.73. The van der Waals surface area contributed by atoms with Crippen LogP contribution in [-0.2, 0) is 0 Å². The average Bonchev–Trinajstić information content (AvgIpc) is 2.15. The zero-order chi connectivity index (χ0) is 11.3. The maximum atomic E-state index is 9.73. The Bertz CT molecular complexity index is 216. The molecule has 0 aliphatic heterocycles. The van der Waals surface area contributed by atoms with Gasteiger partial charge in [-0.15, -0.1) is 0 Å². The van der Waals surface area contributed by atoms with Crippen LogP contribution in [0.25, 0.3) is 0 Å². The summed E-state index contributed by atoms with van der Waals surface area (Å²) in [7, 11) is 0. The first-order valence-electron chi connectivity index (χ1n) is 5.84. The lowest BCUT2D eigenvalue weighted by Crippen LogP contribution is -2.37. The SMILES string of the molecule is CC(C)NC(N)=NCC1CCCCC1O. The number of aliphatic imine (C=N–C) groups is 1. The zero-order valence-corrected chi connectivity index (χ0v) is 9.74. The van der Waals surface area contributed by atoms with Gasteiger partial charge in [0, 0.05) is 18.5 Å². The fourth-order valence-corrected chi connectivity index (χ4v) is 1.96. The first kappa shape index (κ1) is 12.3. The molecule has 88 valence electrons. The molecule has 1 aliphatic rings. The van der Waals surface area contributed by atoms with Gasteiger partial charge in [-0.05, 0) is 26.7 Å². The van der Waals surface area contributed by atoms with E-state index in [0.29, 0.717) is 24.5 Å². The third-order valence-corrected chi connectivity index (χ3v) is 2.80. The summed E-state index contributed by atoms with van der Waals surface area (Å²) in [5.74, 6) is 0.786. The molecule has 2 unspecified atom stereocenters. The van der Waals surface area contributed by atoms with Crippen LogP contribution < -0.4 is 11.1 Å². The van der Waals surface area contributed by atoms with Gasteiger partial charge in [-0.3, -0.25) is 4.99 Å². The standard InChI is InChI=1S/C11H23N3O/c1-8(2)14-11(12)13-7-9-5-3-4-6-10(9)15/h8-10,15H,3-7H2,1-2H3,(H3,12,13,14). The Hall–Kier alpha value is -0.770. The van der Waals surface area contributed by atoms with Crippen molar-refractivity contribution in [3.8, 4) is 0 Å². The van der Waals surface area contributed by atoms with Crippen molar-refractivity contribution < 1.29 is 5.11 Å². The topological polar surface area (TPSA) is 70.6 Å². The largest absolute Gasteiger partial charge is 0.393 e. The van der Waals surface area contributed by atoms with Gasteiger partial charge in [-0.1, -0.05) is 12.8 Å². The van der Waals surface area contributed by atoms with Crippen LogP contribution in [0.4, 0.5) is 0 Å². The van der Waals surface area contributed by atoms with Crippen molar-refractivity contribution >= 4 is 5.96 Å². The number of aliphatic hydroxyl groups excluding tert-OH is 1. The van der Waals surface area contributed by atoms with Crippen LogP contribution in [0.3, 0.4) is 0 Å². The van der Waals surface area contributed by atoms with Crippen molar-refractivity contribution in [2.45, 2.75) is 51.7 Å². The minimum Gasteiger partial charge on any atom is -0.393 e. The summed E-state index contributed by atoms with van der Waals surface area (Å²) in [6, 6.07) is 0.310. The van der Waals surface area contributed by atoms with Crippen LogP contribution in [0.15, 0.2) is 4.99 Å². The Morgan fingerprint density at radius 1 is 1.47 bits per heavy atom. The second-order valence-corrected chi connectivity index (χ2v) is 4.64. The van der Waals surface area contributed by atoms with Crippen LogP contribution in [-0.4, -0.2) is 29.8 Å². The van der Waals surface area contributed by atoms with E-state index in [1.165, 1.54) is 6.42 Å². The summed E-state index contributed by atoms with van der Waals surface area (Å²) in [6.45, 7) is 4.70. The van der Waals surface area contributed by atoms with E-state index in [2.05, 4.69) is 10.3 Å². The number of nitrogens with one attached hydrogen (secondary N) is 1. The summed E-state index contributed by atoms with van der Waals surface area (Å²) < 4.78 is 0. The second-order valence-electron chi connectivity index (χ2n) is 4.64. The van der Waals surface area contributed by atoms with E-state index in [-0.39, 0.29) is 6.10 Å². The molecular formula is C11H23N3O. The minimum atomic E-state index is -0.186. The highest BCUT2D eigenvalue weighted by molar-refractivity contribution is 5.78. The quantitative estimate of drug-likeness (QED) is 0.481. The number of hydrogen-bond acceptors (Lipinski definition) is 2. The van der Waals surface area contributed by atoms with Gasteiger partial charge in [-0.2, -0.15) is 0 Å². The van der Waals surface area contributed by atoms with E-state index >= 15 is 0 Å². The lowest BCUT2D eigenvalue weighted by atomic mass is 9.87. The highest BCUT2D eigenvalue weighted by Gasteiger charge is 2.22. The minimum absolute atomic E-state index is 0.186. The van der Waals surface area contributed by atoms with Gasteiger partial charge in [0.1, 0.15) is 0 Å². The summed E-state index contributed by atoms with van der Waals surface area (Å²) >= 11 is 0. The van der Waals surface area contributed by atoms with Gasteiger partial charge >= 0.3 is 0 Å². The summed E-state index contributed by atoms with van der Waals surface area (Å²) in [6.07, 6.45) is 4.14. The van der Waals surface area contributed by atoms with E-state index in [4.69, 9.17) is 5.73 Å². The molecule has 0 amide bonds. The first-order chi connectivity index (χ1) is 7.09. The highest BCUT2D eigenvalue weighted by Crippen LogP contribution is 2.24. The maximum Gasteiger partial charge on any atom is 0.188 e. The van der Waals surface area contributed by atoms with Crippen molar-refractivity contribution in [3.05, 3.63) is 0 Å². The third kappa shape index (κ3) is 4.51.